The fraction of sp³-hybridized carbons (Fsp3) is 0.409. The number of rotatable bonds is 7. The summed E-state index contributed by atoms with van der Waals surface area (Å²) in [6.07, 6.45) is 4.27. The van der Waals surface area contributed by atoms with E-state index in [9.17, 15) is 4.79 Å². The maximum atomic E-state index is 12.6. The van der Waals surface area contributed by atoms with Gasteiger partial charge in [-0.25, -0.2) is 0 Å². The third-order valence-electron chi connectivity index (χ3n) is 5.03. The molecule has 0 aromatic heterocycles. The molecule has 1 aliphatic heterocycles. The summed E-state index contributed by atoms with van der Waals surface area (Å²) in [5.74, 6) is 1.21. The fourth-order valence-electron chi connectivity index (χ4n) is 3.64. The molecule has 2 aromatic rings. The second kappa shape index (κ2) is 8.19. The number of benzene rings is 2. The molecule has 0 saturated heterocycles. The van der Waals surface area contributed by atoms with E-state index in [-0.39, 0.29) is 6.04 Å². The molecule has 0 spiro atoms. The molecule has 1 heterocycles. The van der Waals surface area contributed by atoms with Gasteiger partial charge in [0.05, 0.1) is 13.2 Å². The average molecular weight is 337 g/mol. The van der Waals surface area contributed by atoms with Crippen molar-refractivity contribution >= 4 is 11.5 Å². The molecular formula is C22H27NO2. The van der Waals surface area contributed by atoms with Crippen LogP contribution in [0.15, 0.2) is 48.5 Å². The normalized spacial score (nSPS) is 16.4. The van der Waals surface area contributed by atoms with E-state index < -0.39 is 0 Å². The first kappa shape index (κ1) is 17.5. The first-order valence-corrected chi connectivity index (χ1v) is 9.23. The standard InChI is InChI=1S/C22H27NO2/c1-3-4-10-19(24)15-22-21-16-20(25-2)12-11-17(21)13-14-23(22)18-8-6-5-7-9-18/h5-9,11-12,16,22H,3-4,10,13-15H2,1-2H3. The zero-order valence-corrected chi connectivity index (χ0v) is 15.2. The highest BCUT2D eigenvalue weighted by molar-refractivity contribution is 5.80. The number of unbranched alkanes of at least 4 members (excludes halogenated alkanes) is 1. The number of carbonyl (C=O) groups is 1. The Morgan fingerprint density at radius 3 is 2.72 bits per heavy atom. The smallest absolute Gasteiger partial charge is 0.135 e. The summed E-state index contributed by atoms with van der Waals surface area (Å²) in [5, 5.41) is 0. The van der Waals surface area contributed by atoms with Crippen molar-refractivity contribution in [2.75, 3.05) is 18.6 Å². The number of methoxy groups -OCH3 is 1. The molecule has 3 rings (SSSR count). The molecule has 0 fully saturated rings. The molecular weight excluding hydrogens is 310 g/mol. The Labute approximate surface area is 150 Å². The SMILES string of the molecule is CCCCC(=O)CC1c2cc(OC)ccc2CCN1c1ccccc1. The van der Waals surface area contributed by atoms with E-state index in [1.807, 2.05) is 12.1 Å². The summed E-state index contributed by atoms with van der Waals surface area (Å²) in [6, 6.07) is 16.8. The van der Waals surface area contributed by atoms with Gasteiger partial charge in [-0.15, -0.1) is 0 Å². The van der Waals surface area contributed by atoms with Crippen molar-refractivity contribution in [1.82, 2.24) is 0 Å². The molecule has 1 atom stereocenters. The van der Waals surface area contributed by atoms with E-state index in [1.165, 1.54) is 16.8 Å². The third kappa shape index (κ3) is 4.04. The maximum Gasteiger partial charge on any atom is 0.135 e. The lowest BCUT2D eigenvalue weighted by molar-refractivity contribution is -0.119. The van der Waals surface area contributed by atoms with Gasteiger partial charge < -0.3 is 9.64 Å². The summed E-state index contributed by atoms with van der Waals surface area (Å²) in [7, 11) is 1.70. The molecule has 1 aliphatic rings. The van der Waals surface area contributed by atoms with Crippen molar-refractivity contribution < 1.29 is 9.53 Å². The molecule has 1 unspecified atom stereocenters. The molecule has 3 heteroatoms. The van der Waals surface area contributed by atoms with Crippen molar-refractivity contribution in [2.24, 2.45) is 0 Å². The summed E-state index contributed by atoms with van der Waals surface area (Å²) >= 11 is 0. The van der Waals surface area contributed by atoms with Crippen LogP contribution in [0.5, 0.6) is 5.75 Å². The van der Waals surface area contributed by atoms with Crippen LogP contribution in [0.3, 0.4) is 0 Å². The van der Waals surface area contributed by atoms with Crippen LogP contribution in [-0.4, -0.2) is 19.4 Å². The van der Waals surface area contributed by atoms with Crippen LogP contribution in [0.4, 0.5) is 5.69 Å². The number of Topliss-reactive ketones (excluding diaryl/α,β-unsaturated/α-hetero) is 1. The summed E-state index contributed by atoms with van der Waals surface area (Å²) in [6.45, 7) is 3.07. The number of nitrogens with zero attached hydrogens (tertiary/aromatic N) is 1. The van der Waals surface area contributed by atoms with E-state index in [0.717, 1.165) is 31.6 Å². The fourth-order valence-corrected chi connectivity index (χ4v) is 3.64. The largest absolute Gasteiger partial charge is 0.497 e. The summed E-state index contributed by atoms with van der Waals surface area (Å²) < 4.78 is 5.44. The highest BCUT2D eigenvalue weighted by Gasteiger charge is 2.29. The zero-order chi connectivity index (χ0) is 17.6. The number of carbonyl (C=O) groups excluding carboxylic acids is 1. The van der Waals surface area contributed by atoms with Gasteiger partial charge in [-0.05, 0) is 48.2 Å². The molecule has 0 bridgehead atoms. The number of para-hydroxylation sites is 1. The molecule has 0 N–H and O–H groups in total. The van der Waals surface area contributed by atoms with Crippen LogP contribution in [0.2, 0.25) is 0 Å². The van der Waals surface area contributed by atoms with Crippen molar-refractivity contribution in [3.8, 4) is 5.75 Å². The second-order valence-electron chi connectivity index (χ2n) is 6.71. The number of hydrogen-bond donors (Lipinski definition) is 0. The molecule has 0 radical (unpaired) electrons. The number of ether oxygens (including phenoxy) is 1. The number of fused-ring (bicyclic) bond motifs is 1. The van der Waals surface area contributed by atoms with E-state index in [4.69, 9.17) is 4.74 Å². The topological polar surface area (TPSA) is 29.5 Å². The van der Waals surface area contributed by atoms with E-state index in [2.05, 4.69) is 48.2 Å². The van der Waals surface area contributed by atoms with E-state index >= 15 is 0 Å². The van der Waals surface area contributed by atoms with Gasteiger partial charge in [0, 0.05) is 25.1 Å². The molecule has 0 amide bonds. The van der Waals surface area contributed by atoms with Crippen LogP contribution in [0, 0.1) is 0 Å². The Hall–Kier alpha value is -2.29. The predicted molar refractivity (Wildman–Crippen MR) is 102 cm³/mol. The quantitative estimate of drug-likeness (QED) is 0.716. The molecule has 132 valence electrons. The van der Waals surface area contributed by atoms with Gasteiger partial charge in [-0.2, -0.15) is 0 Å². The highest BCUT2D eigenvalue weighted by Crippen LogP contribution is 2.38. The van der Waals surface area contributed by atoms with Crippen LogP contribution in [0.25, 0.3) is 0 Å². The van der Waals surface area contributed by atoms with Crippen molar-refractivity contribution in [3.63, 3.8) is 0 Å². The molecule has 25 heavy (non-hydrogen) atoms. The van der Waals surface area contributed by atoms with Gasteiger partial charge in [0.15, 0.2) is 0 Å². The number of hydrogen-bond acceptors (Lipinski definition) is 3. The van der Waals surface area contributed by atoms with Crippen LogP contribution >= 0.6 is 0 Å². The van der Waals surface area contributed by atoms with Crippen LogP contribution in [-0.2, 0) is 11.2 Å². The van der Waals surface area contributed by atoms with Gasteiger partial charge in [-0.3, -0.25) is 4.79 Å². The first-order chi connectivity index (χ1) is 12.2. The Morgan fingerprint density at radius 1 is 1.20 bits per heavy atom. The lowest BCUT2D eigenvalue weighted by Gasteiger charge is -2.39. The monoisotopic (exact) mass is 337 g/mol. The van der Waals surface area contributed by atoms with Gasteiger partial charge in [0.25, 0.3) is 0 Å². The molecule has 3 nitrogen and oxygen atoms in total. The predicted octanol–water partition coefficient (Wildman–Crippen LogP) is 4.95. The molecule has 2 aromatic carbocycles. The summed E-state index contributed by atoms with van der Waals surface area (Å²) in [5.41, 5.74) is 3.75. The Bertz CT molecular complexity index is 711. The van der Waals surface area contributed by atoms with E-state index in [0.29, 0.717) is 18.6 Å². The Morgan fingerprint density at radius 2 is 2.00 bits per heavy atom. The second-order valence-corrected chi connectivity index (χ2v) is 6.71. The first-order valence-electron chi connectivity index (χ1n) is 9.23. The molecule has 0 aliphatic carbocycles. The van der Waals surface area contributed by atoms with E-state index in [1.54, 1.807) is 7.11 Å². The van der Waals surface area contributed by atoms with Gasteiger partial charge >= 0.3 is 0 Å². The Kier molecular flexibility index (Phi) is 5.75. The van der Waals surface area contributed by atoms with Crippen molar-refractivity contribution in [1.29, 1.82) is 0 Å². The van der Waals surface area contributed by atoms with Gasteiger partial charge in [-0.1, -0.05) is 37.6 Å². The van der Waals surface area contributed by atoms with Crippen molar-refractivity contribution in [3.05, 3.63) is 59.7 Å². The molecule has 0 saturated carbocycles. The lowest BCUT2D eigenvalue weighted by atomic mass is 9.88. The van der Waals surface area contributed by atoms with Crippen LogP contribution in [0.1, 0.15) is 49.8 Å². The van der Waals surface area contributed by atoms with Crippen molar-refractivity contribution in [2.45, 2.75) is 45.1 Å². The minimum absolute atomic E-state index is 0.0885. The Balaban J connectivity index is 1.94. The average Bonchev–Trinajstić information content (AvgIpc) is 2.67. The zero-order valence-electron chi connectivity index (χ0n) is 15.2. The maximum absolute atomic E-state index is 12.6. The number of ketones is 1. The van der Waals surface area contributed by atoms with Gasteiger partial charge in [0.1, 0.15) is 11.5 Å². The minimum atomic E-state index is 0.0885. The van der Waals surface area contributed by atoms with Crippen LogP contribution < -0.4 is 9.64 Å². The highest BCUT2D eigenvalue weighted by atomic mass is 16.5. The lowest BCUT2D eigenvalue weighted by Crippen LogP contribution is -2.36. The third-order valence-corrected chi connectivity index (χ3v) is 5.03. The minimum Gasteiger partial charge on any atom is -0.497 e. The van der Waals surface area contributed by atoms with Gasteiger partial charge in [0.2, 0.25) is 0 Å². The number of anilines is 1. The summed E-state index contributed by atoms with van der Waals surface area (Å²) in [4.78, 5) is 14.9.